The maximum Gasteiger partial charge on any atom is 0.416 e. The number of piperidine rings is 1. The van der Waals surface area contributed by atoms with Crippen molar-refractivity contribution in [2.45, 2.75) is 38.5 Å². The normalized spacial score (nSPS) is 14.6. The summed E-state index contributed by atoms with van der Waals surface area (Å²) in [5.74, 6) is -0.884. The number of hydrogen-bond donors (Lipinski definition) is 3. The number of benzene rings is 2. The van der Waals surface area contributed by atoms with E-state index in [1.165, 1.54) is 19.5 Å². The van der Waals surface area contributed by atoms with Crippen molar-refractivity contribution in [3.63, 3.8) is 0 Å². The third-order valence-electron chi connectivity index (χ3n) is 7.83. The van der Waals surface area contributed by atoms with Crippen LogP contribution in [0.4, 0.5) is 29.1 Å². The Morgan fingerprint density at radius 3 is 2.58 bits per heavy atom. The second-order valence-electron chi connectivity index (χ2n) is 10.8. The molecule has 0 saturated carbocycles. The molecule has 45 heavy (non-hydrogen) atoms. The van der Waals surface area contributed by atoms with Gasteiger partial charge in [0.1, 0.15) is 35.2 Å². The molecule has 4 heterocycles. The molecule has 234 valence electrons. The number of halogens is 4. The summed E-state index contributed by atoms with van der Waals surface area (Å²) in [7, 11) is 1.39. The van der Waals surface area contributed by atoms with Gasteiger partial charge in [-0.05, 0) is 50.1 Å². The van der Waals surface area contributed by atoms with Crippen molar-refractivity contribution in [2.75, 3.05) is 31.2 Å². The van der Waals surface area contributed by atoms with Crippen molar-refractivity contribution < 1.29 is 27.1 Å². The molecule has 1 amide bonds. The highest BCUT2D eigenvalue weighted by Gasteiger charge is 2.32. The predicted molar refractivity (Wildman–Crippen MR) is 158 cm³/mol. The summed E-state index contributed by atoms with van der Waals surface area (Å²) >= 11 is 0. The third-order valence-corrected chi connectivity index (χ3v) is 7.83. The number of ether oxygens (including phenoxy) is 1. The van der Waals surface area contributed by atoms with E-state index in [0.29, 0.717) is 28.4 Å². The number of aryl methyl sites for hydroxylation is 1. The zero-order chi connectivity index (χ0) is 31.9. The number of H-pyrrole nitrogens is 1. The Balaban J connectivity index is 1.25. The second kappa shape index (κ2) is 11.8. The predicted octanol–water partition coefficient (Wildman–Crippen LogP) is 5.36. The number of aromatic amines is 1. The number of alkyl halides is 3. The molecule has 3 aromatic heterocycles. The Morgan fingerprint density at radius 1 is 1.13 bits per heavy atom. The highest BCUT2D eigenvalue weighted by Crippen LogP contribution is 2.38. The molecule has 0 radical (unpaired) electrons. The van der Waals surface area contributed by atoms with Gasteiger partial charge in [0.05, 0.1) is 35.4 Å². The van der Waals surface area contributed by atoms with Gasteiger partial charge in [-0.25, -0.2) is 24.0 Å². The minimum atomic E-state index is -4.74. The van der Waals surface area contributed by atoms with Gasteiger partial charge in [0.25, 0.3) is 5.91 Å². The van der Waals surface area contributed by atoms with Crippen molar-refractivity contribution in [1.29, 1.82) is 0 Å². The molecule has 2 aromatic carbocycles. The third kappa shape index (κ3) is 6.02. The number of nitrogens with two attached hydrogens (primary N) is 1. The Bertz CT molecular complexity index is 1880. The molecule has 4 N–H and O–H groups in total. The summed E-state index contributed by atoms with van der Waals surface area (Å²) in [5.41, 5.74) is 7.53. The highest BCUT2D eigenvalue weighted by molar-refractivity contribution is 6.06. The molecule has 5 aromatic rings. The van der Waals surface area contributed by atoms with Crippen LogP contribution in [0.2, 0.25) is 0 Å². The van der Waals surface area contributed by atoms with Crippen LogP contribution in [0.1, 0.15) is 46.3 Å². The van der Waals surface area contributed by atoms with Gasteiger partial charge in [-0.15, -0.1) is 0 Å². The summed E-state index contributed by atoms with van der Waals surface area (Å²) < 4.78 is 60.6. The van der Waals surface area contributed by atoms with Crippen LogP contribution in [-0.2, 0) is 12.7 Å². The first-order valence-corrected chi connectivity index (χ1v) is 14.1. The largest absolute Gasteiger partial charge is 0.495 e. The molecule has 0 atom stereocenters. The van der Waals surface area contributed by atoms with Gasteiger partial charge < -0.3 is 20.8 Å². The molecule has 11 nitrogen and oxygen atoms in total. The maximum atomic E-state index is 14.4. The molecule has 0 spiro atoms. The molecular formula is C30H29F4N9O2. The number of carbonyl (C=O) groups is 1. The smallest absolute Gasteiger partial charge is 0.416 e. The van der Waals surface area contributed by atoms with Gasteiger partial charge in [0.2, 0.25) is 0 Å². The summed E-state index contributed by atoms with van der Waals surface area (Å²) in [6.07, 6.45) is 0.184. The van der Waals surface area contributed by atoms with E-state index < -0.39 is 29.0 Å². The van der Waals surface area contributed by atoms with E-state index in [0.717, 1.165) is 50.1 Å². The zero-order valence-electron chi connectivity index (χ0n) is 24.3. The number of nitrogens with zero attached hydrogens (tertiary/aromatic N) is 6. The minimum absolute atomic E-state index is 0.0643. The summed E-state index contributed by atoms with van der Waals surface area (Å²) in [6.45, 7) is 4.40. The summed E-state index contributed by atoms with van der Waals surface area (Å²) in [6, 6.07) is 6.63. The highest BCUT2D eigenvalue weighted by atomic mass is 19.4. The van der Waals surface area contributed by atoms with Crippen molar-refractivity contribution in [1.82, 2.24) is 34.6 Å². The molecule has 15 heteroatoms. The maximum absolute atomic E-state index is 14.4. The van der Waals surface area contributed by atoms with Gasteiger partial charge in [-0.2, -0.15) is 18.3 Å². The van der Waals surface area contributed by atoms with E-state index in [1.54, 1.807) is 12.1 Å². The number of hydrogen-bond acceptors (Lipinski definition) is 8. The standard InChI is InChI=1S/C30H29F4N9O2/c1-16-36-13-19(39-16)14-42-9-7-20(8-10-42)43-28-25(27(35)37-15-38-28)26(41-43)17-3-6-23(24(11-17)45-2)40-29(44)21-5-4-18(12-22(21)31)30(32,33)34/h3-6,11-13,15,20H,7-10,14H2,1-2H3,(H,36,39)(H,40,44)(H2,35,37,38). The second-order valence-corrected chi connectivity index (χ2v) is 10.8. The number of aromatic nitrogens is 6. The number of nitrogen functional groups attached to an aromatic ring is 1. The molecule has 1 saturated heterocycles. The Hall–Kier alpha value is -5.05. The number of nitrogens with one attached hydrogen (secondary N) is 2. The summed E-state index contributed by atoms with van der Waals surface area (Å²) in [4.78, 5) is 31.4. The fraction of sp³-hybridized carbons (Fsp3) is 0.300. The average Bonchev–Trinajstić information content (AvgIpc) is 3.61. The summed E-state index contributed by atoms with van der Waals surface area (Å²) in [5, 5.41) is 8.01. The van der Waals surface area contributed by atoms with Crippen molar-refractivity contribution in [3.05, 3.63) is 77.4 Å². The van der Waals surface area contributed by atoms with Crippen LogP contribution in [0.25, 0.3) is 22.3 Å². The molecular weight excluding hydrogens is 594 g/mol. The number of rotatable bonds is 7. The first-order valence-electron chi connectivity index (χ1n) is 14.1. The van der Waals surface area contributed by atoms with E-state index >= 15 is 0 Å². The lowest BCUT2D eigenvalue weighted by Gasteiger charge is -2.31. The first-order chi connectivity index (χ1) is 21.5. The molecule has 6 rings (SSSR count). The van der Waals surface area contributed by atoms with Gasteiger partial charge in [0.15, 0.2) is 5.65 Å². The van der Waals surface area contributed by atoms with Crippen LogP contribution in [0, 0.1) is 12.7 Å². The molecule has 0 unspecified atom stereocenters. The molecule has 1 fully saturated rings. The number of methoxy groups -OCH3 is 1. The SMILES string of the molecule is COc1cc(-c2nn(C3CCN(Cc4cnc(C)[nH]4)CC3)c3ncnc(N)c23)ccc1NC(=O)c1ccc(C(F)(F)F)cc1F. The van der Waals surface area contributed by atoms with Crippen LogP contribution in [0.5, 0.6) is 5.75 Å². The van der Waals surface area contributed by atoms with Gasteiger partial charge in [-0.1, -0.05) is 6.07 Å². The lowest BCUT2D eigenvalue weighted by Crippen LogP contribution is -2.34. The molecule has 1 aliphatic rings. The first kappa shape index (κ1) is 30.0. The van der Waals surface area contributed by atoms with E-state index in [-0.39, 0.29) is 29.4 Å². The number of carbonyl (C=O) groups excluding carboxylic acids is 1. The monoisotopic (exact) mass is 623 g/mol. The van der Waals surface area contributed by atoms with Crippen LogP contribution in [0.3, 0.4) is 0 Å². The van der Waals surface area contributed by atoms with Crippen LogP contribution in [-0.4, -0.2) is 60.7 Å². The topological polar surface area (TPSA) is 140 Å². The zero-order valence-corrected chi connectivity index (χ0v) is 24.3. The Kier molecular flexibility index (Phi) is 7.87. The van der Waals surface area contributed by atoms with Crippen LogP contribution in [0.15, 0.2) is 48.9 Å². The van der Waals surface area contributed by atoms with Gasteiger partial charge in [0, 0.05) is 37.1 Å². The fourth-order valence-corrected chi connectivity index (χ4v) is 5.57. The van der Waals surface area contributed by atoms with E-state index in [9.17, 15) is 22.4 Å². The van der Waals surface area contributed by atoms with Crippen molar-refractivity contribution >= 4 is 28.4 Å². The fourth-order valence-electron chi connectivity index (χ4n) is 5.57. The number of fused-ring (bicyclic) bond motifs is 1. The minimum Gasteiger partial charge on any atom is -0.495 e. The Morgan fingerprint density at radius 2 is 1.91 bits per heavy atom. The number of likely N-dealkylation sites (tertiary alicyclic amines) is 1. The molecule has 1 aliphatic heterocycles. The van der Waals surface area contributed by atoms with E-state index in [2.05, 4.69) is 30.2 Å². The average molecular weight is 624 g/mol. The Labute approximate surface area is 254 Å². The van der Waals surface area contributed by atoms with Crippen molar-refractivity contribution in [3.8, 4) is 17.0 Å². The van der Waals surface area contributed by atoms with E-state index in [4.69, 9.17) is 15.6 Å². The lowest BCUT2D eigenvalue weighted by molar-refractivity contribution is -0.137. The number of anilines is 2. The molecule has 0 bridgehead atoms. The van der Waals surface area contributed by atoms with Gasteiger partial charge in [-0.3, -0.25) is 9.69 Å². The van der Waals surface area contributed by atoms with Crippen molar-refractivity contribution in [2.24, 2.45) is 0 Å². The number of amides is 1. The number of imidazole rings is 1. The van der Waals surface area contributed by atoms with Gasteiger partial charge >= 0.3 is 6.18 Å². The lowest BCUT2D eigenvalue weighted by atomic mass is 10.0. The molecule has 0 aliphatic carbocycles. The van der Waals surface area contributed by atoms with E-state index in [1.807, 2.05) is 17.8 Å². The van der Waals surface area contributed by atoms with Crippen LogP contribution < -0.4 is 15.8 Å². The quantitative estimate of drug-likeness (QED) is 0.206. The van der Waals surface area contributed by atoms with Crippen LogP contribution >= 0.6 is 0 Å².